The Hall–Kier alpha value is -1.55. The van der Waals surface area contributed by atoms with Crippen LogP contribution in [-0.2, 0) is 11.2 Å². The van der Waals surface area contributed by atoms with Gasteiger partial charge in [-0.2, -0.15) is 0 Å². The molecule has 1 unspecified atom stereocenters. The molecule has 116 valence electrons. The lowest BCUT2D eigenvalue weighted by molar-refractivity contribution is 0.0636. The summed E-state index contributed by atoms with van der Waals surface area (Å²) >= 11 is 0. The maximum Gasteiger partial charge on any atom is 0.412 e. The fourth-order valence-corrected chi connectivity index (χ4v) is 2.65. The van der Waals surface area contributed by atoms with Gasteiger partial charge in [-0.1, -0.05) is 13.0 Å². The summed E-state index contributed by atoms with van der Waals surface area (Å²) < 4.78 is 5.27. The number of fused-ring (bicyclic) bond motifs is 1. The Bertz CT molecular complexity index is 506. The van der Waals surface area contributed by atoms with Gasteiger partial charge < -0.3 is 10.1 Å². The first-order valence-corrected chi connectivity index (χ1v) is 7.75. The summed E-state index contributed by atoms with van der Waals surface area (Å²) in [5.74, 6) is 0. The summed E-state index contributed by atoms with van der Waals surface area (Å²) in [5, 5.41) is 6.37. The molecule has 1 aromatic rings. The average Bonchev–Trinajstić information content (AvgIpc) is 2.76. The van der Waals surface area contributed by atoms with Gasteiger partial charge in [0.05, 0.1) is 0 Å². The number of anilines is 1. The lowest BCUT2D eigenvalue weighted by Crippen LogP contribution is -2.27. The quantitative estimate of drug-likeness (QED) is 0.880. The van der Waals surface area contributed by atoms with E-state index < -0.39 is 11.7 Å². The molecule has 0 aliphatic heterocycles. The van der Waals surface area contributed by atoms with E-state index in [1.807, 2.05) is 26.8 Å². The molecular weight excluding hydrogens is 264 g/mol. The molecule has 1 amide bonds. The van der Waals surface area contributed by atoms with Gasteiger partial charge in [0.2, 0.25) is 0 Å². The largest absolute Gasteiger partial charge is 0.444 e. The number of amides is 1. The number of benzene rings is 1. The van der Waals surface area contributed by atoms with Crippen LogP contribution in [0.15, 0.2) is 18.2 Å². The topological polar surface area (TPSA) is 50.4 Å². The minimum absolute atomic E-state index is 0.402. The Labute approximate surface area is 127 Å². The molecule has 0 saturated carbocycles. The molecule has 4 nitrogen and oxygen atoms in total. The van der Waals surface area contributed by atoms with Gasteiger partial charge in [-0.25, -0.2) is 4.79 Å². The molecule has 0 fully saturated rings. The molecule has 21 heavy (non-hydrogen) atoms. The number of carbonyl (C=O) groups is 1. The monoisotopic (exact) mass is 290 g/mol. The van der Waals surface area contributed by atoms with E-state index in [1.54, 1.807) is 0 Å². The highest BCUT2D eigenvalue weighted by atomic mass is 16.6. The number of aryl methyl sites for hydroxylation is 1. The van der Waals surface area contributed by atoms with Gasteiger partial charge in [-0.15, -0.1) is 0 Å². The van der Waals surface area contributed by atoms with Crippen LogP contribution in [0.3, 0.4) is 0 Å². The fraction of sp³-hybridized carbons (Fsp3) is 0.588. The number of hydrogen-bond donors (Lipinski definition) is 2. The molecule has 0 bridgehead atoms. The van der Waals surface area contributed by atoms with E-state index in [0.717, 1.165) is 31.5 Å². The van der Waals surface area contributed by atoms with E-state index in [1.165, 1.54) is 11.1 Å². The van der Waals surface area contributed by atoms with Crippen molar-refractivity contribution >= 4 is 11.8 Å². The van der Waals surface area contributed by atoms with Gasteiger partial charge in [0, 0.05) is 11.7 Å². The van der Waals surface area contributed by atoms with Crippen LogP contribution in [0.4, 0.5) is 10.5 Å². The molecule has 0 radical (unpaired) electrons. The Morgan fingerprint density at radius 3 is 2.81 bits per heavy atom. The van der Waals surface area contributed by atoms with Crippen molar-refractivity contribution in [2.75, 3.05) is 11.9 Å². The smallest absolute Gasteiger partial charge is 0.412 e. The van der Waals surface area contributed by atoms with Crippen molar-refractivity contribution in [1.82, 2.24) is 5.32 Å². The van der Waals surface area contributed by atoms with Crippen LogP contribution in [0.2, 0.25) is 0 Å². The summed E-state index contributed by atoms with van der Waals surface area (Å²) in [6, 6.07) is 6.58. The van der Waals surface area contributed by atoms with Gasteiger partial charge >= 0.3 is 6.09 Å². The van der Waals surface area contributed by atoms with Crippen molar-refractivity contribution in [3.63, 3.8) is 0 Å². The van der Waals surface area contributed by atoms with Crippen molar-refractivity contribution in [2.45, 2.75) is 58.6 Å². The molecular formula is C17H26N2O2. The first-order chi connectivity index (χ1) is 9.89. The van der Waals surface area contributed by atoms with Crippen molar-refractivity contribution in [3.8, 4) is 0 Å². The predicted molar refractivity (Wildman–Crippen MR) is 85.7 cm³/mol. The standard InChI is InChI=1S/C17H26N2O2/c1-5-10-18-15-9-6-12-11-13(7-8-14(12)15)19-16(20)21-17(2,3)4/h7-8,11,15,18H,5-6,9-10H2,1-4H3,(H,19,20). The van der Waals surface area contributed by atoms with Crippen LogP contribution in [0.5, 0.6) is 0 Å². The van der Waals surface area contributed by atoms with E-state index >= 15 is 0 Å². The lowest BCUT2D eigenvalue weighted by atomic mass is 10.1. The normalized spacial score (nSPS) is 17.4. The molecule has 0 saturated heterocycles. The molecule has 2 N–H and O–H groups in total. The highest BCUT2D eigenvalue weighted by molar-refractivity contribution is 5.85. The minimum atomic E-state index is -0.476. The van der Waals surface area contributed by atoms with Crippen LogP contribution in [-0.4, -0.2) is 18.2 Å². The summed E-state index contributed by atoms with van der Waals surface area (Å²) in [4.78, 5) is 11.8. The second-order valence-electron chi connectivity index (χ2n) is 6.59. The Morgan fingerprint density at radius 2 is 2.14 bits per heavy atom. The van der Waals surface area contributed by atoms with Gasteiger partial charge in [-0.05, 0) is 69.8 Å². The molecule has 4 heteroatoms. The second kappa shape index (κ2) is 6.48. The summed E-state index contributed by atoms with van der Waals surface area (Å²) in [7, 11) is 0. The lowest BCUT2D eigenvalue weighted by Gasteiger charge is -2.20. The molecule has 1 atom stereocenters. The van der Waals surface area contributed by atoms with Crippen molar-refractivity contribution in [3.05, 3.63) is 29.3 Å². The zero-order valence-corrected chi connectivity index (χ0v) is 13.5. The first kappa shape index (κ1) is 15.8. The van der Waals surface area contributed by atoms with Crippen molar-refractivity contribution < 1.29 is 9.53 Å². The number of ether oxygens (including phenoxy) is 1. The fourth-order valence-electron chi connectivity index (χ4n) is 2.65. The Kier molecular flexibility index (Phi) is 4.88. The maximum absolute atomic E-state index is 11.8. The van der Waals surface area contributed by atoms with Gasteiger partial charge in [-0.3, -0.25) is 5.32 Å². The van der Waals surface area contributed by atoms with Crippen LogP contribution in [0.25, 0.3) is 0 Å². The Balaban J connectivity index is 2.01. The summed E-state index contributed by atoms with van der Waals surface area (Å²) in [5.41, 5.74) is 3.00. The molecule has 0 heterocycles. The van der Waals surface area contributed by atoms with Crippen LogP contribution in [0.1, 0.15) is 57.7 Å². The molecule has 1 aromatic carbocycles. The van der Waals surface area contributed by atoms with E-state index in [0.29, 0.717) is 6.04 Å². The molecule has 2 rings (SSSR count). The molecule has 1 aliphatic rings. The molecule has 0 spiro atoms. The van der Waals surface area contributed by atoms with E-state index in [2.05, 4.69) is 29.7 Å². The predicted octanol–water partition coefficient (Wildman–Crippen LogP) is 4.02. The highest BCUT2D eigenvalue weighted by Crippen LogP contribution is 2.33. The van der Waals surface area contributed by atoms with Crippen LogP contribution < -0.4 is 10.6 Å². The first-order valence-electron chi connectivity index (χ1n) is 7.75. The second-order valence-corrected chi connectivity index (χ2v) is 6.59. The number of rotatable bonds is 4. The zero-order chi connectivity index (χ0) is 15.5. The Morgan fingerprint density at radius 1 is 1.38 bits per heavy atom. The number of carbonyl (C=O) groups excluding carboxylic acids is 1. The van der Waals surface area contributed by atoms with Crippen LogP contribution >= 0.6 is 0 Å². The molecule has 1 aliphatic carbocycles. The third-order valence-corrected chi connectivity index (χ3v) is 3.51. The van der Waals surface area contributed by atoms with E-state index in [9.17, 15) is 4.79 Å². The van der Waals surface area contributed by atoms with E-state index in [4.69, 9.17) is 4.74 Å². The highest BCUT2D eigenvalue weighted by Gasteiger charge is 2.22. The van der Waals surface area contributed by atoms with Crippen molar-refractivity contribution in [1.29, 1.82) is 0 Å². The SMILES string of the molecule is CCCNC1CCc2cc(NC(=O)OC(C)(C)C)ccc21. The summed E-state index contributed by atoms with van der Waals surface area (Å²) in [6.07, 6.45) is 2.93. The maximum atomic E-state index is 11.8. The van der Waals surface area contributed by atoms with E-state index in [-0.39, 0.29) is 0 Å². The van der Waals surface area contributed by atoms with Gasteiger partial charge in [0.15, 0.2) is 0 Å². The number of hydrogen-bond acceptors (Lipinski definition) is 3. The minimum Gasteiger partial charge on any atom is -0.444 e. The zero-order valence-electron chi connectivity index (χ0n) is 13.5. The van der Waals surface area contributed by atoms with Crippen LogP contribution in [0, 0.1) is 0 Å². The average molecular weight is 290 g/mol. The van der Waals surface area contributed by atoms with Crippen molar-refractivity contribution in [2.24, 2.45) is 0 Å². The summed E-state index contributed by atoms with van der Waals surface area (Å²) in [6.45, 7) is 8.80. The van der Waals surface area contributed by atoms with Gasteiger partial charge in [0.1, 0.15) is 5.60 Å². The third-order valence-electron chi connectivity index (χ3n) is 3.51. The van der Waals surface area contributed by atoms with Gasteiger partial charge in [0.25, 0.3) is 0 Å². The third kappa shape index (κ3) is 4.46. The number of nitrogens with one attached hydrogen (secondary N) is 2. The molecule has 0 aromatic heterocycles.